The second-order valence-corrected chi connectivity index (χ2v) is 7.37. The maximum absolute atomic E-state index is 5.92. The van der Waals surface area contributed by atoms with Gasteiger partial charge in [-0.1, -0.05) is 12.1 Å². The van der Waals surface area contributed by atoms with Gasteiger partial charge in [0.05, 0.1) is 23.3 Å². The molecule has 0 saturated carbocycles. The maximum Gasteiger partial charge on any atom is 0.191 e. The summed E-state index contributed by atoms with van der Waals surface area (Å²) in [5.74, 6) is 1.56. The van der Waals surface area contributed by atoms with E-state index in [1.54, 1.807) is 18.4 Å². The van der Waals surface area contributed by atoms with Gasteiger partial charge in [-0.2, -0.15) is 0 Å². The van der Waals surface area contributed by atoms with Crippen molar-refractivity contribution in [2.45, 2.75) is 19.6 Å². The number of nitrogens with one attached hydrogen (secondary N) is 2. The van der Waals surface area contributed by atoms with Gasteiger partial charge in [0.2, 0.25) is 0 Å². The maximum atomic E-state index is 5.92. The largest absolute Gasteiger partial charge is 0.488 e. The number of benzene rings is 1. The van der Waals surface area contributed by atoms with Crippen LogP contribution in [0.2, 0.25) is 0 Å². The van der Waals surface area contributed by atoms with Crippen LogP contribution in [0.15, 0.2) is 39.1 Å². The summed E-state index contributed by atoms with van der Waals surface area (Å²) in [6.07, 6.45) is -0.00290. The molecule has 8 heteroatoms. The molecule has 6 nitrogen and oxygen atoms in total. The van der Waals surface area contributed by atoms with Gasteiger partial charge in [0.25, 0.3) is 0 Å². The van der Waals surface area contributed by atoms with Gasteiger partial charge in [-0.3, -0.25) is 4.99 Å². The molecule has 1 heterocycles. The van der Waals surface area contributed by atoms with Gasteiger partial charge in [-0.15, -0.1) is 11.3 Å². The number of thiazole rings is 1. The average molecular weight is 426 g/mol. The van der Waals surface area contributed by atoms with Crippen molar-refractivity contribution >= 4 is 38.4 Å². The molecule has 0 saturated heterocycles. The van der Waals surface area contributed by atoms with E-state index in [9.17, 15) is 0 Å². The molecule has 0 fully saturated rings. The Morgan fingerprint density at radius 3 is 2.76 bits per heavy atom. The number of anilines is 1. The molecule has 0 aliphatic heterocycles. The Hall–Kier alpha value is -1.80. The molecule has 2 rings (SSSR count). The van der Waals surface area contributed by atoms with E-state index in [1.165, 1.54) is 0 Å². The molecule has 1 unspecified atom stereocenters. The quantitative estimate of drug-likeness (QED) is 0.526. The molecular weight excluding hydrogens is 402 g/mol. The van der Waals surface area contributed by atoms with Crippen LogP contribution in [-0.4, -0.2) is 44.7 Å². The first-order chi connectivity index (χ1) is 12.0. The van der Waals surface area contributed by atoms with E-state index in [0.717, 1.165) is 27.0 Å². The molecule has 0 bridgehead atoms. The van der Waals surface area contributed by atoms with Crippen LogP contribution in [0.1, 0.15) is 12.6 Å². The first-order valence-electron chi connectivity index (χ1n) is 7.97. The lowest BCUT2D eigenvalue weighted by molar-refractivity contribution is 0.222. The molecule has 0 spiro atoms. The molecule has 1 atom stereocenters. The highest BCUT2D eigenvalue weighted by atomic mass is 79.9. The number of para-hydroxylation sites is 1. The fourth-order valence-corrected chi connectivity index (χ4v) is 3.15. The van der Waals surface area contributed by atoms with Crippen molar-refractivity contribution in [2.75, 3.05) is 32.6 Å². The van der Waals surface area contributed by atoms with E-state index in [0.29, 0.717) is 13.1 Å². The SMILES string of the molecule is CN=C(NCc1csc(N(C)C)n1)NCC(C)Oc1ccccc1Br. The molecule has 0 aliphatic carbocycles. The van der Waals surface area contributed by atoms with E-state index in [2.05, 4.69) is 36.5 Å². The van der Waals surface area contributed by atoms with Crippen molar-refractivity contribution < 1.29 is 4.74 Å². The Labute approximate surface area is 161 Å². The summed E-state index contributed by atoms with van der Waals surface area (Å²) in [7, 11) is 5.73. The van der Waals surface area contributed by atoms with Gasteiger partial charge < -0.3 is 20.3 Å². The minimum Gasteiger partial charge on any atom is -0.488 e. The van der Waals surface area contributed by atoms with Crippen LogP contribution in [0, 0.1) is 0 Å². The standard InChI is InChI=1S/C17H24BrN5OS/c1-12(24-15-8-6-5-7-14(15)18)9-20-16(19-2)21-10-13-11-25-17(22-13)23(3)4/h5-8,11-12H,9-10H2,1-4H3,(H2,19,20,21). The number of ether oxygens (including phenoxy) is 1. The Balaban J connectivity index is 1.78. The van der Waals surface area contributed by atoms with E-state index in [4.69, 9.17) is 4.74 Å². The Kier molecular flexibility index (Phi) is 7.52. The predicted octanol–water partition coefficient (Wildman–Crippen LogP) is 3.10. The molecule has 1 aromatic heterocycles. The number of nitrogens with zero attached hydrogens (tertiary/aromatic N) is 3. The first-order valence-corrected chi connectivity index (χ1v) is 9.64. The van der Waals surface area contributed by atoms with E-state index < -0.39 is 0 Å². The van der Waals surface area contributed by atoms with E-state index in [1.807, 2.05) is 55.6 Å². The second kappa shape index (κ2) is 9.62. The second-order valence-electron chi connectivity index (χ2n) is 5.68. The van der Waals surface area contributed by atoms with Gasteiger partial charge in [0.1, 0.15) is 11.9 Å². The molecule has 1 aromatic carbocycles. The summed E-state index contributed by atoms with van der Waals surface area (Å²) < 4.78 is 6.87. The summed E-state index contributed by atoms with van der Waals surface area (Å²) in [6, 6.07) is 7.83. The number of halogens is 1. The lowest BCUT2D eigenvalue weighted by atomic mass is 10.3. The third-order valence-corrected chi connectivity index (χ3v) is 5.02. The zero-order valence-electron chi connectivity index (χ0n) is 14.9. The Morgan fingerprint density at radius 1 is 1.36 bits per heavy atom. The van der Waals surface area contributed by atoms with Crippen molar-refractivity contribution in [1.82, 2.24) is 15.6 Å². The van der Waals surface area contributed by atoms with Crippen molar-refractivity contribution in [3.63, 3.8) is 0 Å². The van der Waals surface area contributed by atoms with Crippen molar-refractivity contribution in [3.05, 3.63) is 39.8 Å². The van der Waals surface area contributed by atoms with Crippen LogP contribution in [0.5, 0.6) is 5.75 Å². The minimum atomic E-state index is -0.00290. The van der Waals surface area contributed by atoms with E-state index >= 15 is 0 Å². The van der Waals surface area contributed by atoms with Crippen molar-refractivity contribution in [1.29, 1.82) is 0 Å². The summed E-state index contributed by atoms with van der Waals surface area (Å²) >= 11 is 5.12. The highest BCUT2D eigenvalue weighted by molar-refractivity contribution is 9.10. The molecule has 2 aromatic rings. The number of hydrogen-bond donors (Lipinski definition) is 2. The third-order valence-electron chi connectivity index (χ3n) is 3.30. The zero-order chi connectivity index (χ0) is 18.2. The summed E-state index contributed by atoms with van der Waals surface area (Å²) in [4.78, 5) is 10.8. The summed E-state index contributed by atoms with van der Waals surface area (Å²) in [6.45, 7) is 3.29. The highest BCUT2D eigenvalue weighted by Gasteiger charge is 2.09. The topological polar surface area (TPSA) is 61.8 Å². The van der Waals surface area contributed by atoms with Crippen molar-refractivity contribution in [2.24, 2.45) is 4.99 Å². The molecule has 0 aliphatic rings. The number of hydrogen-bond acceptors (Lipinski definition) is 5. The van der Waals surface area contributed by atoms with Gasteiger partial charge in [-0.05, 0) is 35.0 Å². The van der Waals surface area contributed by atoms with Crippen LogP contribution in [0.25, 0.3) is 0 Å². The van der Waals surface area contributed by atoms with Gasteiger partial charge in [0, 0.05) is 26.5 Å². The molecule has 0 amide bonds. The molecule has 0 radical (unpaired) electrons. The van der Waals surface area contributed by atoms with Crippen LogP contribution >= 0.6 is 27.3 Å². The number of aromatic nitrogens is 1. The summed E-state index contributed by atoms with van der Waals surface area (Å²) in [5.41, 5.74) is 0.995. The predicted molar refractivity (Wildman–Crippen MR) is 109 cm³/mol. The van der Waals surface area contributed by atoms with Crippen LogP contribution < -0.4 is 20.3 Å². The Morgan fingerprint density at radius 2 is 2.12 bits per heavy atom. The fraction of sp³-hybridized carbons (Fsp3) is 0.412. The van der Waals surface area contributed by atoms with Crippen molar-refractivity contribution in [3.8, 4) is 5.75 Å². The minimum absolute atomic E-state index is 0.00290. The van der Waals surface area contributed by atoms with Gasteiger partial charge >= 0.3 is 0 Å². The molecular formula is C17H24BrN5OS. The molecule has 136 valence electrons. The first kappa shape index (κ1) is 19.5. The Bertz CT molecular complexity index is 704. The molecule has 2 N–H and O–H groups in total. The zero-order valence-corrected chi connectivity index (χ0v) is 17.3. The summed E-state index contributed by atoms with van der Waals surface area (Å²) in [5, 5.41) is 9.59. The van der Waals surface area contributed by atoms with Crippen LogP contribution in [0.4, 0.5) is 5.13 Å². The van der Waals surface area contributed by atoms with Gasteiger partial charge in [0.15, 0.2) is 11.1 Å². The number of aliphatic imine (C=N–C) groups is 1. The lowest BCUT2D eigenvalue weighted by Gasteiger charge is -2.18. The van der Waals surface area contributed by atoms with E-state index in [-0.39, 0.29) is 6.10 Å². The normalized spacial score (nSPS) is 12.6. The number of guanidine groups is 1. The fourth-order valence-electron chi connectivity index (χ4n) is 2.02. The average Bonchev–Trinajstić information content (AvgIpc) is 3.06. The third kappa shape index (κ3) is 6.21. The monoisotopic (exact) mass is 425 g/mol. The highest BCUT2D eigenvalue weighted by Crippen LogP contribution is 2.24. The number of rotatable bonds is 7. The van der Waals surface area contributed by atoms with Gasteiger partial charge in [-0.25, -0.2) is 4.98 Å². The van der Waals surface area contributed by atoms with Crippen LogP contribution in [-0.2, 0) is 6.54 Å². The smallest absolute Gasteiger partial charge is 0.191 e. The molecule has 25 heavy (non-hydrogen) atoms. The van der Waals surface area contributed by atoms with Crippen LogP contribution in [0.3, 0.4) is 0 Å². The lowest BCUT2D eigenvalue weighted by Crippen LogP contribution is -2.41.